The first-order valence-electron chi connectivity index (χ1n) is 50.7. The number of carboxylic acids is 3. The highest BCUT2D eigenvalue weighted by atomic mass is 32.1. The van der Waals surface area contributed by atoms with Gasteiger partial charge >= 0.3 is 24.0 Å². The summed E-state index contributed by atoms with van der Waals surface area (Å²) in [7, 11) is 0. The lowest BCUT2D eigenvalue weighted by Gasteiger charge is -2.41. The number of piperidine rings is 1. The van der Waals surface area contributed by atoms with Gasteiger partial charge in [-0.3, -0.25) is 92.1 Å². The largest absolute Gasteiger partial charge is 0.481 e. The number of aliphatic hydroxyl groups excluding tert-OH is 1. The summed E-state index contributed by atoms with van der Waals surface area (Å²) >= 11 is 1.36. The highest BCUT2D eigenvalue weighted by Crippen LogP contribution is 2.36. The molecule has 3 saturated heterocycles. The van der Waals surface area contributed by atoms with E-state index in [1.165, 1.54) is 80.0 Å². The number of aliphatic hydroxyl groups is 1. The Kier molecular flexibility index (Phi) is 42.6. The van der Waals surface area contributed by atoms with E-state index in [-0.39, 0.29) is 152 Å². The number of nitrogens with one attached hydrogen (secondary N) is 15. The highest BCUT2D eigenvalue weighted by molar-refractivity contribution is 7.17. The number of primary amides is 1. The Morgan fingerprint density at radius 2 is 1.16 bits per heavy atom. The number of cyclic esters (lactones) is 1. The minimum absolute atomic E-state index is 0.0262. The highest BCUT2D eigenvalue weighted by Gasteiger charge is 2.51. The lowest BCUT2D eigenvalue weighted by molar-refractivity contribution is -0.146. The van der Waals surface area contributed by atoms with Gasteiger partial charge in [0.05, 0.1) is 60.3 Å². The maximum atomic E-state index is 16.2. The molecule has 5 aliphatic rings. The molecular formula is C106H140N18O25S. The number of aromatic carboxylic acids is 1. The smallest absolute Gasteiger partial charge is 0.409 e. The van der Waals surface area contributed by atoms with Gasteiger partial charge in [0.25, 0.3) is 0 Å². The van der Waals surface area contributed by atoms with Gasteiger partial charge in [-0.05, 0) is 206 Å². The van der Waals surface area contributed by atoms with Crippen LogP contribution in [0.4, 0.5) is 4.79 Å². The molecule has 10 rings (SSSR count). The maximum absolute atomic E-state index is 16.2. The molecule has 3 fully saturated rings. The molecule has 150 heavy (non-hydrogen) atoms. The Morgan fingerprint density at radius 3 is 1.82 bits per heavy atom. The molecular weight excluding hydrogens is 1960 g/mol. The summed E-state index contributed by atoms with van der Waals surface area (Å²) in [5.41, 5.74) is 0.860. The van der Waals surface area contributed by atoms with Crippen LogP contribution in [0.25, 0.3) is 10.1 Å². The number of allylic oxidation sites excluding steroid dienone is 3. The Hall–Kier alpha value is -14.6. The van der Waals surface area contributed by atoms with Gasteiger partial charge < -0.3 is 110 Å². The fourth-order valence-electron chi connectivity index (χ4n) is 19.0. The van der Waals surface area contributed by atoms with Crippen LogP contribution in [0, 0.1) is 12.3 Å². The Labute approximate surface area is 873 Å². The third kappa shape index (κ3) is 33.7. The third-order valence-corrected chi connectivity index (χ3v) is 28.3. The number of likely N-dealkylation sites (tertiary alicyclic amines) is 1. The summed E-state index contributed by atoms with van der Waals surface area (Å²) in [6, 6.07) is 6.81. The quantitative estimate of drug-likeness (QED) is 0.0470. The second kappa shape index (κ2) is 54.5. The number of carbonyl (C=O) groups is 19. The van der Waals surface area contributed by atoms with Crippen molar-refractivity contribution in [2.45, 2.75) is 311 Å². The maximum Gasteiger partial charge on any atom is 0.409 e. The van der Waals surface area contributed by atoms with Gasteiger partial charge in [0.15, 0.2) is 0 Å². The second-order valence-corrected chi connectivity index (χ2v) is 41.6. The number of fused-ring (bicyclic) bond motifs is 5. The van der Waals surface area contributed by atoms with Gasteiger partial charge in [0.2, 0.25) is 88.6 Å². The molecule has 44 heteroatoms. The average molecular weight is 2100 g/mol. The lowest BCUT2D eigenvalue weighted by Crippen LogP contribution is -2.67. The molecule has 5 aliphatic heterocycles. The molecule has 0 radical (unpaired) electrons. The first-order chi connectivity index (χ1) is 71.1. The summed E-state index contributed by atoms with van der Waals surface area (Å²) in [6.45, 7) is 12.1. The van der Waals surface area contributed by atoms with Gasteiger partial charge in [0, 0.05) is 63.5 Å². The van der Waals surface area contributed by atoms with E-state index in [1.807, 2.05) is 24.1 Å². The van der Waals surface area contributed by atoms with Crippen LogP contribution in [0.15, 0.2) is 138 Å². The molecule has 4 aromatic carbocycles. The molecule has 16 amide bonds. The zero-order chi connectivity index (χ0) is 109. The van der Waals surface area contributed by atoms with Crippen molar-refractivity contribution in [2.24, 2.45) is 11.1 Å². The van der Waals surface area contributed by atoms with Crippen molar-refractivity contribution in [1.82, 2.24) is 89.6 Å². The number of ether oxygens (including phenoxy) is 1. The van der Waals surface area contributed by atoms with E-state index in [4.69, 9.17) is 10.5 Å². The number of nitrogens with two attached hydrogens (primary N) is 1. The number of aliphatic carboxylic acids is 2. The number of benzene rings is 4. The zero-order valence-corrected chi connectivity index (χ0v) is 86.6. The van der Waals surface area contributed by atoms with Crippen LogP contribution in [0.5, 0.6) is 0 Å². The number of hydrogen-bond acceptors (Lipinski definition) is 25. The molecule has 0 saturated carbocycles. The van der Waals surface area contributed by atoms with E-state index in [0.29, 0.717) is 28.7 Å². The van der Waals surface area contributed by atoms with Gasteiger partial charge in [-0.2, -0.15) is 0 Å². The van der Waals surface area contributed by atoms with Crippen molar-refractivity contribution < 1.29 is 121 Å². The number of amides is 16. The van der Waals surface area contributed by atoms with Crippen LogP contribution >= 0.6 is 11.3 Å². The minimum atomic E-state index is -2.14. The number of hydrogen-bond donors (Lipinski definition) is 20. The topological polar surface area (TPSA) is 644 Å². The van der Waals surface area contributed by atoms with Gasteiger partial charge in [-0.15, -0.1) is 11.3 Å². The van der Waals surface area contributed by atoms with Crippen LogP contribution in [0.1, 0.15) is 216 Å². The minimum Gasteiger partial charge on any atom is -0.481 e. The number of thiophene rings is 1. The van der Waals surface area contributed by atoms with Crippen LogP contribution in [0.3, 0.4) is 0 Å². The second-order valence-electron chi connectivity index (χ2n) is 40.7. The van der Waals surface area contributed by atoms with Gasteiger partial charge in [-0.1, -0.05) is 130 Å². The van der Waals surface area contributed by atoms with Crippen LogP contribution in [-0.2, 0) is 117 Å². The molecule has 2 spiro atoms. The number of nitrogens with zero attached hydrogens (tertiary/aromatic N) is 2. The SMILES string of the molecule is CC(=O)N1CCC[C@]12C/C=C\CCC[C@@]1(CCCC=CCCCOC(=O)N3CC4NC(=O)[C@H](CCCCNC(=O)CC[C@@H](C(=O)N[C@@H](C)C(N)=O)NC(=O)[C@H](Cc5csc6ccccc56)NC(=O)[C@H](Cc5ccccc5C)NC(C3)C4=C=O)NC(=O)[C@H](Cc3ccccc3)NC(=O)[C@H](C)NC(=O)C(C)(C)NC(=O)[C@H](Cc3cccc(C(=O)O)c3)NC(=O)[C@H](CC(=O)O)NC1=O)NC(O)[C@H](CC(C)(C)C)NC(=O)[C@H](CC(=O)O)NC2=O. The van der Waals surface area contributed by atoms with Crippen LogP contribution < -0.4 is 85.5 Å². The summed E-state index contributed by atoms with van der Waals surface area (Å²) in [5.74, 6) is -16.8. The van der Waals surface area contributed by atoms with Crippen molar-refractivity contribution in [3.8, 4) is 0 Å². The monoisotopic (exact) mass is 2100 g/mol. The number of rotatable bonds is 17. The molecule has 16 atom stereocenters. The van der Waals surface area contributed by atoms with Gasteiger partial charge in [0.1, 0.15) is 77.6 Å². The molecule has 0 aliphatic carbocycles. The van der Waals surface area contributed by atoms with Gasteiger partial charge in [-0.25, -0.2) is 14.4 Å². The Bertz CT molecular complexity index is 5880. The molecule has 810 valence electrons. The number of aryl methyl sites for hydroxylation is 1. The fraction of sp³-hybridized carbons (Fsp3) is 0.519. The molecule has 1 aromatic heterocycles. The lowest BCUT2D eigenvalue weighted by atomic mass is 9.83. The standard InChI is InChI=1S/C106H140N18O25S/c1-61-31-19-20-35-67(61)52-76-92(137)116-77(53-69-60-150-83-39-22-21-37-70(69)83)93(138)113-73(89(134)109-62(2)87(107)132)40-41-84(127)108-46-27-23-38-72-90(135)118-82-58-123(57-81(111-76)71(82)59-125)102(148)149-48-28-15-11-10-12-24-42-105(43-25-13-14-26-44-106(45-30-47-124(106)64(4)126)101(147)120-79(55-86(130)131)95(140)117-80(97(142)122-105)56-103(5,6)7)100(146)119-78(54-85(128)129)94(139)115-75(51-66-34-29-36-68(49-66)98(143)144)96(141)121-104(8,9)99(145)110-63(3)88(133)114-74(91(136)112-72)50-65-32-17-16-18-33-65/h10-11,14,16-22,26,29,31-37,39,49,60,62-63,72-82,97,111,122,142H,12-13,15,23-25,27-28,30,38,40-48,50-58H2,1-9H3,(H2,107,132)(H,108,127)(H,109,134)(H,110,145)(H,112,136)(H,113,138)(H,114,133)(H,115,139)(H,116,137)(H,117,140)(H,118,135)(H,119,146)(H,120,147)(H,121,141)(H,128,129)(H,130,131)(H,143,144)/b11-10?,26-14-/t62-,63-,72-,73-,74-,75-,76-,77-,78-,79-,80-,81?,82?,97?,105+,106-/m0/s1. The number of carbonyl (C=O) groups excluding carboxylic acids is 17. The Balaban J connectivity index is 1.07. The first kappa shape index (κ1) is 117. The van der Waals surface area contributed by atoms with Crippen molar-refractivity contribution in [1.29, 1.82) is 0 Å². The average Bonchev–Trinajstić information content (AvgIpc) is 1.61. The first-order valence-corrected chi connectivity index (χ1v) is 51.5. The summed E-state index contributed by atoms with van der Waals surface area (Å²) in [6.07, 6.45) is -0.246. The van der Waals surface area contributed by atoms with E-state index >= 15 is 38.4 Å². The van der Waals surface area contributed by atoms with E-state index in [0.717, 1.165) is 10.1 Å². The summed E-state index contributed by atoms with van der Waals surface area (Å²) in [4.78, 5) is 293. The van der Waals surface area contributed by atoms with E-state index in [1.54, 1.807) is 118 Å². The predicted molar refractivity (Wildman–Crippen MR) is 550 cm³/mol. The van der Waals surface area contributed by atoms with E-state index in [9.17, 15) is 78.0 Å². The van der Waals surface area contributed by atoms with Crippen molar-refractivity contribution in [2.75, 3.05) is 32.8 Å². The molecule has 6 heterocycles. The molecule has 5 aromatic rings. The van der Waals surface area contributed by atoms with E-state index in [2.05, 4.69) is 79.8 Å². The van der Waals surface area contributed by atoms with E-state index < -0.39 is 258 Å². The Morgan fingerprint density at radius 1 is 0.580 bits per heavy atom. The van der Waals surface area contributed by atoms with Crippen LogP contribution in [-0.4, -0.2) is 283 Å². The molecule has 43 nitrogen and oxygen atoms in total. The number of carboxylic acid groups (broad SMARTS) is 3. The molecule has 21 N–H and O–H groups in total. The van der Waals surface area contributed by atoms with Crippen molar-refractivity contribution in [3.05, 3.63) is 172 Å². The normalized spacial score (nSPS) is 26.6. The third-order valence-electron chi connectivity index (χ3n) is 27.3. The van der Waals surface area contributed by atoms with Crippen molar-refractivity contribution in [3.63, 3.8) is 0 Å². The van der Waals surface area contributed by atoms with Crippen LogP contribution in [0.2, 0.25) is 0 Å². The zero-order valence-electron chi connectivity index (χ0n) is 85.8. The predicted octanol–water partition coefficient (Wildman–Crippen LogP) is 2.61. The van der Waals surface area contributed by atoms with Crippen molar-refractivity contribution >= 4 is 140 Å². The summed E-state index contributed by atoms with van der Waals surface area (Å²) in [5, 5.41) is 87.9. The molecule has 4 bridgehead atoms. The molecule has 3 unspecified atom stereocenters. The fourth-order valence-corrected chi connectivity index (χ4v) is 20.0. The summed E-state index contributed by atoms with van der Waals surface area (Å²) < 4.78 is 6.85.